The highest BCUT2D eigenvalue weighted by atomic mass is 32.1. The molecule has 1 fully saturated rings. The Morgan fingerprint density at radius 3 is 3.00 bits per heavy atom. The van der Waals surface area contributed by atoms with E-state index in [0.717, 1.165) is 30.2 Å². The van der Waals surface area contributed by atoms with E-state index in [1.54, 1.807) is 11.3 Å². The molecule has 0 amide bonds. The fourth-order valence-electron chi connectivity index (χ4n) is 2.30. The number of piperidine rings is 1. The van der Waals surface area contributed by atoms with E-state index in [2.05, 4.69) is 28.9 Å². The zero-order valence-corrected chi connectivity index (χ0v) is 10.7. The van der Waals surface area contributed by atoms with Crippen LogP contribution in [0.3, 0.4) is 0 Å². The molecular formula is C13H16N2OS. The summed E-state index contributed by atoms with van der Waals surface area (Å²) in [4.78, 5) is 6.95. The molecule has 2 unspecified atom stereocenters. The molecule has 3 nitrogen and oxygen atoms in total. The first kappa shape index (κ1) is 11.0. The molecule has 1 aliphatic rings. The van der Waals surface area contributed by atoms with E-state index in [1.165, 1.54) is 4.70 Å². The molecule has 0 bridgehead atoms. The summed E-state index contributed by atoms with van der Waals surface area (Å²) in [6.07, 6.45) is 0.692. The Balaban J connectivity index is 1.88. The van der Waals surface area contributed by atoms with E-state index >= 15 is 0 Å². The Labute approximate surface area is 105 Å². The molecule has 0 aliphatic carbocycles. The zero-order chi connectivity index (χ0) is 11.8. The number of aliphatic hydroxyl groups is 1. The summed E-state index contributed by atoms with van der Waals surface area (Å²) in [6, 6.07) is 8.23. The van der Waals surface area contributed by atoms with Crippen LogP contribution in [0.5, 0.6) is 0 Å². The van der Waals surface area contributed by atoms with Gasteiger partial charge in [-0.1, -0.05) is 30.4 Å². The van der Waals surface area contributed by atoms with Gasteiger partial charge in [-0.2, -0.15) is 0 Å². The SMILES string of the molecule is CC1CN(c2nc3ccccc3s2)CCC1O. The van der Waals surface area contributed by atoms with Crippen LogP contribution in [0.4, 0.5) is 5.13 Å². The van der Waals surface area contributed by atoms with E-state index in [1.807, 2.05) is 12.1 Å². The number of hydrogen-bond acceptors (Lipinski definition) is 4. The topological polar surface area (TPSA) is 36.4 Å². The van der Waals surface area contributed by atoms with Crippen molar-refractivity contribution in [2.45, 2.75) is 19.4 Å². The summed E-state index contributed by atoms with van der Waals surface area (Å²) >= 11 is 1.74. The highest BCUT2D eigenvalue weighted by Crippen LogP contribution is 2.31. The average Bonchev–Trinajstić information content (AvgIpc) is 2.76. The van der Waals surface area contributed by atoms with Gasteiger partial charge in [0.1, 0.15) is 0 Å². The van der Waals surface area contributed by atoms with Gasteiger partial charge in [-0.3, -0.25) is 0 Å². The van der Waals surface area contributed by atoms with Crippen molar-refractivity contribution in [2.75, 3.05) is 18.0 Å². The maximum Gasteiger partial charge on any atom is 0.186 e. The molecule has 1 aromatic heterocycles. The van der Waals surface area contributed by atoms with E-state index in [0.29, 0.717) is 5.92 Å². The summed E-state index contributed by atoms with van der Waals surface area (Å²) < 4.78 is 1.24. The lowest BCUT2D eigenvalue weighted by Gasteiger charge is -2.34. The molecule has 90 valence electrons. The molecule has 0 saturated carbocycles. The fraction of sp³-hybridized carbons (Fsp3) is 0.462. The number of thiazole rings is 1. The first-order valence-corrected chi connectivity index (χ1v) is 6.84. The van der Waals surface area contributed by atoms with Crippen molar-refractivity contribution in [3.05, 3.63) is 24.3 Å². The van der Waals surface area contributed by atoms with Crippen molar-refractivity contribution in [3.8, 4) is 0 Å². The summed E-state index contributed by atoms with van der Waals surface area (Å²) in [6.45, 7) is 3.91. The molecule has 17 heavy (non-hydrogen) atoms. The van der Waals surface area contributed by atoms with Crippen LogP contribution in [0.2, 0.25) is 0 Å². The third kappa shape index (κ3) is 2.03. The quantitative estimate of drug-likeness (QED) is 0.842. The van der Waals surface area contributed by atoms with Crippen LogP contribution in [0, 0.1) is 5.92 Å². The van der Waals surface area contributed by atoms with Crippen LogP contribution < -0.4 is 4.90 Å². The third-order valence-electron chi connectivity index (χ3n) is 3.41. The Morgan fingerprint density at radius 1 is 1.41 bits per heavy atom. The Kier molecular flexibility index (Phi) is 2.76. The first-order chi connectivity index (χ1) is 8.24. The fourth-order valence-corrected chi connectivity index (χ4v) is 3.30. The second-order valence-electron chi connectivity index (χ2n) is 4.74. The van der Waals surface area contributed by atoms with Gasteiger partial charge in [0.25, 0.3) is 0 Å². The number of benzene rings is 1. The number of anilines is 1. The van der Waals surface area contributed by atoms with Gasteiger partial charge >= 0.3 is 0 Å². The molecule has 3 rings (SSSR count). The minimum atomic E-state index is -0.152. The third-order valence-corrected chi connectivity index (χ3v) is 4.51. The van der Waals surface area contributed by atoms with Crippen LogP contribution >= 0.6 is 11.3 Å². The first-order valence-electron chi connectivity index (χ1n) is 6.02. The number of aromatic nitrogens is 1. The van der Waals surface area contributed by atoms with E-state index in [9.17, 15) is 5.11 Å². The number of fused-ring (bicyclic) bond motifs is 1. The molecule has 1 N–H and O–H groups in total. The summed E-state index contributed by atoms with van der Waals surface area (Å²) in [7, 11) is 0. The molecule has 2 heterocycles. The molecule has 0 spiro atoms. The van der Waals surface area contributed by atoms with E-state index < -0.39 is 0 Å². The molecule has 1 aliphatic heterocycles. The van der Waals surface area contributed by atoms with Gasteiger partial charge < -0.3 is 10.0 Å². The van der Waals surface area contributed by atoms with Gasteiger partial charge in [0.15, 0.2) is 5.13 Å². The number of hydrogen-bond donors (Lipinski definition) is 1. The summed E-state index contributed by atoms with van der Waals surface area (Å²) in [5, 5.41) is 10.8. The van der Waals surface area contributed by atoms with Crippen molar-refractivity contribution in [2.24, 2.45) is 5.92 Å². The minimum absolute atomic E-state index is 0.152. The maximum absolute atomic E-state index is 9.74. The number of nitrogens with zero attached hydrogens (tertiary/aromatic N) is 2. The molecule has 1 aromatic carbocycles. The Hall–Kier alpha value is -1.13. The minimum Gasteiger partial charge on any atom is -0.393 e. The van der Waals surface area contributed by atoms with Crippen molar-refractivity contribution in [1.29, 1.82) is 0 Å². The lowest BCUT2D eigenvalue weighted by atomic mass is 9.97. The van der Waals surface area contributed by atoms with Gasteiger partial charge in [-0.05, 0) is 24.5 Å². The number of para-hydroxylation sites is 1. The van der Waals surface area contributed by atoms with E-state index in [-0.39, 0.29) is 6.10 Å². The predicted octanol–water partition coefficient (Wildman–Crippen LogP) is 2.50. The number of rotatable bonds is 1. The Bertz CT molecular complexity index is 492. The van der Waals surface area contributed by atoms with Crippen LogP contribution in [-0.4, -0.2) is 29.3 Å². The lowest BCUT2D eigenvalue weighted by molar-refractivity contribution is 0.0971. The van der Waals surface area contributed by atoms with Crippen LogP contribution in [0.25, 0.3) is 10.2 Å². The number of aliphatic hydroxyl groups excluding tert-OH is 1. The largest absolute Gasteiger partial charge is 0.393 e. The molecule has 2 atom stereocenters. The van der Waals surface area contributed by atoms with E-state index in [4.69, 9.17) is 0 Å². The molecule has 1 saturated heterocycles. The zero-order valence-electron chi connectivity index (χ0n) is 9.84. The average molecular weight is 248 g/mol. The highest BCUT2D eigenvalue weighted by Gasteiger charge is 2.25. The van der Waals surface area contributed by atoms with Crippen molar-refractivity contribution < 1.29 is 5.11 Å². The van der Waals surface area contributed by atoms with Crippen molar-refractivity contribution in [3.63, 3.8) is 0 Å². The standard InChI is InChI=1S/C13H16N2OS/c1-9-8-15(7-6-11(9)16)13-14-10-4-2-3-5-12(10)17-13/h2-5,9,11,16H,6-8H2,1H3. The van der Waals surface area contributed by atoms with Crippen LogP contribution in [-0.2, 0) is 0 Å². The normalized spacial score (nSPS) is 25.4. The molecule has 0 radical (unpaired) electrons. The van der Waals surface area contributed by atoms with Crippen LogP contribution in [0.1, 0.15) is 13.3 Å². The smallest absolute Gasteiger partial charge is 0.186 e. The van der Waals surface area contributed by atoms with Gasteiger partial charge in [0, 0.05) is 13.1 Å². The predicted molar refractivity (Wildman–Crippen MR) is 71.6 cm³/mol. The van der Waals surface area contributed by atoms with Crippen LogP contribution in [0.15, 0.2) is 24.3 Å². The van der Waals surface area contributed by atoms with Crippen molar-refractivity contribution in [1.82, 2.24) is 4.98 Å². The van der Waals surface area contributed by atoms with Gasteiger partial charge in [0.05, 0.1) is 16.3 Å². The van der Waals surface area contributed by atoms with Gasteiger partial charge in [0.2, 0.25) is 0 Å². The Morgan fingerprint density at radius 2 is 2.24 bits per heavy atom. The second-order valence-corrected chi connectivity index (χ2v) is 5.75. The maximum atomic E-state index is 9.74. The lowest BCUT2D eigenvalue weighted by Crippen LogP contribution is -2.41. The van der Waals surface area contributed by atoms with Crippen molar-refractivity contribution >= 4 is 26.7 Å². The van der Waals surface area contributed by atoms with Gasteiger partial charge in [-0.15, -0.1) is 0 Å². The summed E-state index contributed by atoms with van der Waals surface area (Å²) in [5.41, 5.74) is 1.08. The molecular weight excluding hydrogens is 232 g/mol. The summed E-state index contributed by atoms with van der Waals surface area (Å²) in [5.74, 6) is 0.329. The molecule has 4 heteroatoms. The second kappa shape index (κ2) is 4.27. The van der Waals surface area contributed by atoms with Gasteiger partial charge in [-0.25, -0.2) is 4.98 Å². The highest BCUT2D eigenvalue weighted by molar-refractivity contribution is 7.22. The molecule has 2 aromatic rings. The monoisotopic (exact) mass is 248 g/mol.